The minimum absolute atomic E-state index is 0.234. The number of rotatable bonds is 4. The van der Waals surface area contributed by atoms with Gasteiger partial charge in [-0.15, -0.1) is 11.3 Å². The molecular weight excluding hydrogens is 286 g/mol. The van der Waals surface area contributed by atoms with Crippen molar-refractivity contribution in [1.82, 2.24) is 0 Å². The Morgan fingerprint density at radius 3 is 2.48 bits per heavy atom. The number of carbonyl (C=O) groups excluding carboxylic acids is 2. The molecule has 0 unspecified atom stereocenters. The van der Waals surface area contributed by atoms with Gasteiger partial charge in [0.05, 0.1) is 12.2 Å². The predicted octanol–water partition coefficient (Wildman–Crippen LogP) is 3.79. The summed E-state index contributed by atoms with van der Waals surface area (Å²) in [5.41, 5.74) is 2.05. The van der Waals surface area contributed by atoms with Crippen LogP contribution in [0.5, 0.6) is 0 Å². The Balaban J connectivity index is 2.21. The van der Waals surface area contributed by atoms with Crippen molar-refractivity contribution < 1.29 is 14.3 Å². The second-order valence-electron chi connectivity index (χ2n) is 4.64. The van der Waals surface area contributed by atoms with Gasteiger partial charge in [-0.2, -0.15) is 0 Å². The van der Waals surface area contributed by atoms with Gasteiger partial charge in [0.25, 0.3) is 5.91 Å². The first-order valence-electron chi connectivity index (χ1n) is 6.67. The van der Waals surface area contributed by atoms with E-state index in [0.29, 0.717) is 22.7 Å². The van der Waals surface area contributed by atoms with Crippen molar-refractivity contribution in [2.45, 2.75) is 20.8 Å². The largest absolute Gasteiger partial charge is 0.462 e. The second-order valence-corrected chi connectivity index (χ2v) is 5.90. The summed E-state index contributed by atoms with van der Waals surface area (Å²) in [6.07, 6.45) is 0. The molecule has 5 heteroatoms. The van der Waals surface area contributed by atoms with Crippen molar-refractivity contribution in [2.75, 3.05) is 11.9 Å². The molecule has 110 valence electrons. The molecule has 0 aliphatic rings. The highest BCUT2D eigenvalue weighted by Gasteiger charge is 2.18. The van der Waals surface area contributed by atoms with Gasteiger partial charge in [-0.1, -0.05) is 17.7 Å². The summed E-state index contributed by atoms with van der Waals surface area (Å²) < 4.78 is 5.00. The summed E-state index contributed by atoms with van der Waals surface area (Å²) in [6, 6.07) is 9.00. The number of benzene rings is 1. The molecule has 1 N–H and O–H groups in total. The van der Waals surface area contributed by atoms with Gasteiger partial charge < -0.3 is 10.1 Å². The maximum atomic E-state index is 12.2. The van der Waals surface area contributed by atoms with Crippen LogP contribution < -0.4 is 5.32 Å². The van der Waals surface area contributed by atoms with Crippen molar-refractivity contribution in [3.8, 4) is 0 Å². The molecule has 0 radical (unpaired) electrons. The molecular formula is C16H17NO3S. The lowest BCUT2D eigenvalue weighted by Gasteiger charge is -2.06. The van der Waals surface area contributed by atoms with Gasteiger partial charge in [0, 0.05) is 10.4 Å². The first kappa shape index (κ1) is 15.3. The summed E-state index contributed by atoms with van der Waals surface area (Å²) in [6.45, 7) is 5.90. The first-order valence-corrected chi connectivity index (χ1v) is 7.48. The number of amides is 1. The maximum absolute atomic E-state index is 12.2. The van der Waals surface area contributed by atoms with Crippen molar-refractivity contribution in [3.63, 3.8) is 0 Å². The Morgan fingerprint density at radius 1 is 1.19 bits per heavy atom. The molecule has 0 spiro atoms. The summed E-state index contributed by atoms with van der Waals surface area (Å²) in [5, 5.41) is 3.31. The van der Waals surface area contributed by atoms with Gasteiger partial charge in [-0.3, -0.25) is 4.79 Å². The smallest absolute Gasteiger partial charge is 0.341 e. The van der Waals surface area contributed by atoms with Crippen molar-refractivity contribution in [3.05, 3.63) is 51.9 Å². The van der Waals surface area contributed by atoms with E-state index in [1.165, 1.54) is 11.3 Å². The fourth-order valence-corrected chi connectivity index (χ4v) is 2.74. The van der Waals surface area contributed by atoms with Crippen LogP contribution in [0.15, 0.2) is 30.3 Å². The standard InChI is InChI=1S/C16H17NO3S/c1-4-20-16(19)13-9-11(3)21-15(13)17-14(18)12-7-5-10(2)6-8-12/h5-9H,4H2,1-3H3,(H,17,18). The third-order valence-corrected chi connectivity index (χ3v) is 3.86. The Morgan fingerprint density at radius 2 is 1.86 bits per heavy atom. The molecule has 1 aromatic heterocycles. The van der Waals surface area contributed by atoms with E-state index in [-0.39, 0.29) is 5.91 Å². The zero-order valence-corrected chi connectivity index (χ0v) is 13.0. The Bertz CT molecular complexity index is 659. The van der Waals surface area contributed by atoms with Crippen molar-refractivity contribution in [2.24, 2.45) is 0 Å². The average Bonchev–Trinajstić information content (AvgIpc) is 2.80. The Labute approximate surface area is 127 Å². The van der Waals surface area contributed by atoms with Crippen LogP contribution in [0, 0.1) is 13.8 Å². The molecule has 2 aromatic rings. The quantitative estimate of drug-likeness (QED) is 0.874. The van der Waals surface area contributed by atoms with Crippen LogP contribution in [-0.2, 0) is 4.74 Å². The van der Waals surface area contributed by atoms with E-state index in [2.05, 4.69) is 5.32 Å². The van der Waals surface area contributed by atoms with E-state index in [9.17, 15) is 9.59 Å². The lowest BCUT2D eigenvalue weighted by Crippen LogP contribution is -2.14. The molecule has 1 heterocycles. The van der Waals surface area contributed by atoms with E-state index < -0.39 is 5.97 Å². The van der Waals surface area contributed by atoms with E-state index in [4.69, 9.17) is 4.74 Å². The van der Waals surface area contributed by atoms with Crippen LogP contribution in [0.1, 0.15) is 38.1 Å². The van der Waals surface area contributed by atoms with Gasteiger partial charge in [-0.25, -0.2) is 4.79 Å². The minimum Gasteiger partial charge on any atom is -0.462 e. The van der Waals surface area contributed by atoms with E-state index in [1.807, 2.05) is 26.0 Å². The minimum atomic E-state index is -0.416. The average molecular weight is 303 g/mol. The molecule has 0 atom stereocenters. The molecule has 0 aliphatic carbocycles. The number of carbonyl (C=O) groups is 2. The molecule has 1 amide bonds. The summed E-state index contributed by atoms with van der Waals surface area (Å²) in [4.78, 5) is 25.0. The molecule has 0 fully saturated rings. The fraction of sp³-hybridized carbons (Fsp3) is 0.250. The van der Waals surface area contributed by atoms with Crippen LogP contribution >= 0.6 is 11.3 Å². The highest BCUT2D eigenvalue weighted by atomic mass is 32.1. The van der Waals surface area contributed by atoms with Crippen LogP contribution in [0.3, 0.4) is 0 Å². The molecule has 21 heavy (non-hydrogen) atoms. The second kappa shape index (κ2) is 6.54. The third-order valence-electron chi connectivity index (χ3n) is 2.89. The molecule has 4 nitrogen and oxygen atoms in total. The lowest BCUT2D eigenvalue weighted by atomic mass is 10.1. The van der Waals surface area contributed by atoms with E-state index in [0.717, 1.165) is 10.4 Å². The van der Waals surface area contributed by atoms with Crippen molar-refractivity contribution >= 4 is 28.2 Å². The Kier molecular flexibility index (Phi) is 4.75. The van der Waals surface area contributed by atoms with Crippen LogP contribution in [0.2, 0.25) is 0 Å². The highest BCUT2D eigenvalue weighted by molar-refractivity contribution is 7.16. The molecule has 0 bridgehead atoms. The SMILES string of the molecule is CCOC(=O)c1cc(C)sc1NC(=O)c1ccc(C)cc1. The fourth-order valence-electron chi connectivity index (χ4n) is 1.85. The molecule has 0 aliphatic heterocycles. The Hall–Kier alpha value is -2.14. The first-order chi connectivity index (χ1) is 10.0. The summed E-state index contributed by atoms with van der Waals surface area (Å²) in [5.74, 6) is -0.650. The lowest BCUT2D eigenvalue weighted by molar-refractivity contribution is 0.0528. The van der Waals surface area contributed by atoms with E-state index >= 15 is 0 Å². The molecule has 0 saturated heterocycles. The zero-order chi connectivity index (χ0) is 15.4. The number of aryl methyl sites for hydroxylation is 2. The predicted molar refractivity (Wildman–Crippen MR) is 84.1 cm³/mol. The van der Waals surface area contributed by atoms with Crippen LogP contribution in [0.25, 0.3) is 0 Å². The summed E-state index contributed by atoms with van der Waals surface area (Å²) in [7, 11) is 0. The molecule has 1 aromatic carbocycles. The maximum Gasteiger partial charge on any atom is 0.341 e. The van der Waals surface area contributed by atoms with Gasteiger partial charge >= 0.3 is 5.97 Å². The normalized spacial score (nSPS) is 10.2. The van der Waals surface area contributed by atoms with E-state index in [1.54, 1.807) is 25.1 Å². The number of ether oxygens (including phenoxy) is 1. The number of esters is 1. The number of hydrogen-bond donors (Lipinski definition) is 1. The van der Waals surface area contributed by atoms with Gasteiger partial charge in [0.2, 0.25) is 0 Å². The monoisotopic (exact) mass is 303 g/mol. The number of hydrogen-bond acceptors (Lipinski definition) is 4. The topological polar surface area (TPSA) is 55.4 Å². The third kappa shape index (κ3) is 3.70. The summed E-state index contributed by atoms with van der Waals surface area (Å²) >= 11 is 1.36. The van der Waals surface area contributed by atoms with Crippen LogP contribution in [-0.4, -0.2) is 18.5 Å². The highest BCUT2D eigenvalue weighted by Crippen LogP contribution is 2.28. The van der Waals surface area contributed by atoms with Gasteiger partial charge in [0.15, 0.2) is 0 Å². The van der Waals surface area contributed by atoms with Crippen LogP contribution in [0.4, 0.5) is 5.00 Å². The number of nitrogens with one attached hydrogen (secondary N) is 1. The number of anilines is 1. The number of thiophene rings is 1. The molecule has 2 rings (SSSR count). The zero-order valence-electron chi connectivity index (χ0n) is 12.2. The molecule has 0 saturated carbocycles. The van der Waals surface area contributed by atoms with Gasteiger partial charge in [0.1, 0.15) is 5.00 Å². The van der Waals surface area contributed by atoms with Gasteiger partial charge in [-0.05, 0) is 39.0 Å². The van der Waals surface area contributed by atoms with Crippen molar-refractivity contribution in [1.29, 1.82) is 0 Å².